The van der Waals surface area contributed by atoms with E-state index < -0.39 is 6.04 Å². The molecule has 0 saturated carbocycles. The number of amides is 2. The lowest BCUT2D eigenvalue weighted by Gasteiger charge is -2.35. The van der Waals surface area contributed by atoms with Crippen molar-refractivity contribution in [3.05, 3.63) is 72.4 Å². The zero-order valence-corrected chi connectivity index (χ0v) is 18.8. The van der Waals surface area contributed by atoms with Gasteiger partial charge >= 0.3 is 0 Å². The molecule has 170 valence electrons. The zero-order valence-electron chi connectivity index (χ0n) is 18.8. The molecule has 1 atom stereocenters. The van der Waals surface area contributed by atoms with Crippen LogP contribution >= 0.6 is 0 Å². The molecular weight excluding hydrogens is 418 g/mol. The second-order valence-corrected chi connectivity index (χ2v) is 7.87. The van der Waals surface area contributed by atoms with E-state index in [1.165, 1.54) is 7.11 Å². The fraction of sp³-hybridized carbons (Fsp3) is 0.269. The number of carbonyl (C=O) groups excluding carboxylic acids is 2. The van der Waals surface area contributed by atoms with E-state index in [0.717, 1.165) is 29.7 Å². The number of carbonyl (C=O) groups is 2. The first-order chi connectivity index (χ1) is 16.1. The van der Waals surface area contributed by atoms with Gasteiger partial charge in [-0.3, -0.25) is 9.59 Å². The standard InChI is InChI=1S/C26H27N3O4/c1-32-21-11-6-9-19(17-21)18-8-5-10-20(16-18)28-24(30)23-13-3-4-15-29(23)26(31)22-12-7-14-27-25(22)33-2/h5-12,14,16-17,23H,3-4,13,15H2,1-2H3,(H,28,30)/t23-/m1/s1. The number of anilines is 1. The molecule has 2 amide bonds. The Bertz CT molecular complexity index is 1150. The van der Waals surface area contributed by atoms with Crippen LogP contribution in [0.2, 0.25) is 0 Å². The molecule has 1 fully saturated rings. The average molecular weight is 446 g/mol. The molecule has 0 unspecified atom stereocenters. The molecule has 0 aliphatic carbocycles. The van der Waals surface area contributed by atoms with Gasteiger partial charge in [-0.15, -0.1) is 0 Å². The molecule has 0 spiro atoms. The molecule has 7 nitrogen and oxygen atoms in total. The summed E-state index contributed by atoms with van der Waals surface area (Å²) < 4.78 is 10.6. The van der Waals surface area contributed by atoms with Crippen LogP contribution in [0.1, 0.15) is 29.6 Å². The van der Waals surface area contributed by atoms with Crippen molar-refractivity contribution >= 4 is 17.5 Å². The maximum Gasteiger partial charge on any atom is 0.260 e. The van der Waals surface area contributed by atoms with Gasteiger partial charge in [-0.25, -0.2) is 4.98 Å². The number of aromatic nitrogens is 1. The van der Waals surface area contributed by atoms with Crippen LogP contribution in [0, 0.1) is 0 Å². The lowest BCUT2D eigenvalue weighted by Crippen LogP contribution is -2.50. The molecule has 1 aliphatic heterocycles. The Labute approximate surface area is 193 Å². The van der Waals surface area contributed by atoms with E-state index in [9.17, 15) is 9.59 Å². The van der Waals surface area contributed by atoms with Crippen molar-refractivity contribution in [3.63, 3.8) is 0 Å². The number of piperidine rings is 1. The zero-order chi connectivity index (χ0) is 23.2. The summed E-state index contributed by atoms with van der Waals surface area (Å²) in [4.78, 5) is 32.3. The van der Waals surface area contributed by atoms with Gasteiger partial charge in [-0.1, -0.05) is 24.3 Å². The Hall–Kier alpha value is -3.87. The van der Waals surface area contributed by atoms with Crippen LogP contribution in [0.5, 0.6) is 11.6 Å². The van der Waals surface area contributed by atoms with Gasteiger partial charge in [-0.2, -0.15) is 0 Å². The third kappa shape index (κ3) is 4.98. The van der Waals surface area contributed by atoms with Gasteiger partial charge in [0.15, 0.2) is 0 Å². The van der Waals surface area contributed by atoms with Crippen LogP contribution in [-0.2, 0) is 4.79 Å². The predicted molar refractivity (Wildman–Crippen MR) is 127 cm³/mol. The highest BCUT2D eigenvalue weighted by Gasteiger charge is 2.34. The van der Waals surface area contributed by atoms with Crippen molar-refractivity contribution < 1.29 is 19.1 Å². The Morgan fingerprint density at radius 3 is 2.55 bits per heavy atom. The highest BCUT2D eigenvalue weighted by molar-refractivity contribution is 6.02. The molecule has 1 aromatic heterocycles. The van der Waals surface area contributed by atoms with Crippen molar-refractivity contribution in [2.45, 2.75) is 25.3 Å². The molecular formula is C26H27N3O4. The number of pyridine rings is 1. The number of hydrogen-bond donors (Lipinski definition) is 1. The molecule has 2 heterocycles. The summed E-state index contributed by atoms with van der Waals surface area (Å²) >= 11 is 0. The quantitative estimate of drug-likeness (QED) is 0.608. The smallest absolute Gasteiger partial charge is 0.260 e. The van der Waals surface area contributed by atoms with Gasteiger partial charge in [-0.05, 0) is 66.8 Å². The van der Waals surface area contributed by atoms with Gasteiger partial charge in [0.1, 0.15) is 17.4 Å². The van der Waals surface area contributed by atoms with Gasteiger partial charge in [0.05, 0.1) is 14.2 Å². The number of rotatable bonds is 6. The highest BCUT2D eigenvalue weighted by Crippen LogP contribution is 2.27. The second-order valence-electron chi connectivity index (χ2n) is 7.87. The fourth-order valence-corrected chi connectivity index (χ4v) is 4.12. The second kappa shape index (κ2) is 10.2. The van der Waals surface area contributed by atoms with Crippen molar-refractivity contribution in [2.75, 3.05) is 26.1 Å². The number of nitrogens with zero attached hydrogens (tertiary/aromatic N) is 2. The van der Waals surface area contributed by atoms with Gasteiger partial charge in [0.2, 0.25) is 11.8 Å². The van der Waals surface area contributed by atoms with Gasteiger partial charge in [0.25, 0.3) is 5.91 Å². The van der Waals surface area contributed by atoms with Crippen LogP contribution in [0.25, 0.3) is 11.1 Å². The Kier molecular flexibility index (Phi) is 6.88. The largest absolute Gasteiger partial charge is 0.497 e. The SMILES string of the molecule is COc1cccc(-c2cccc(NC(=O)[C@H]3CCCCN3C(=O)c3cccnc3OC)c2)c1. The first kappa shape index (κ1) is 22.3. The number of ether oxygens (including phenoxy) is 2. The lowest BCUT2D eigenvalue weighted by molar-refractivity contribution is -0.121. The molecule has 1 saturated heterocycles. The molecule has 3 aromatic rings. The minimum absolute atomic E-state index is 0.200. The minimum Gasteiger partial charge on any atom is -0.497 e. The van der Waals surface area contributed by atoms with Gasteiger partial charge < -0.3 is 19.7 Å². The third-order valence-electron chi connectivity index (χ3n) is 5.79. The maximum absolute atomic E-state index is 13.3. The lowest BCUT2D eigenvalue weighted by atomic mass is 9.99. The van der Waals surface area contributed by atoms with Crippen molar-refractivity contribution in [2.24, 2.45) is 0 Å². The summed E-state index contributed by atoms with van der Waals surface area (Å²) in [6.45, 7) is 0.513. The van der Waals surface area contributed by atoms with Crippen LogP contribution in [0.4, 0.5) is 5.69 Å². The number of hydrogen-bond acceptors (Lipinski definition) is 5. The topological polar surface area (TPSA) is 80.8 Å². The third-order valence-corrected chi connectivity index (χ3v) is 5.79. The number of benzene rings is 2. The van der Waals surface area contributed by atoms with Crippen LogP contribution in [0.3, 0.4) is 0 Å². The predicted octanol–water partition coefficient (Wildman–Crippen LogP) is 4.40. The molecule has 0 bridgehead atoms. The minimum atomic E-state index is -0.559. The van der Waals surface area contributed by atoms with E-state index in [2.05, 4.69) is 10.3 Å². The van der Waals surface area contributed by atoms with Gasteiger partial charge in [0, 0.05) is 18.4 Å². The maximum atomic E-state index is 13.3. The highest BCUT2D eigenvalue weighted by atomic mass is 16.5. The van der Waals surface area contributed by atoms with E-state index in [0.29, 0.717) is 24.2 Å². The molecule has 2 aromatic carbocycles. The fourth-order valence-electron chi connectivity index (χ4n) is 4.12. The van der Waals surface area contributed by atoms with Crippen molar-refractivity contribution in [1.29, 1.82) is 0 Å². The molecule has 4 rings (SSSR count). The summed E-state index contributed by atoms with van der Waals surface area (Å²) in [5.74, 6) is 0.584. The number of nitrogens with one attached hydrogen (secondary N) is 1. The summed E-state index contributed by atoms with van der Waals surface area (Å²) in [6.07, 6.45) is 3.92. The summed E-state index contributed by atoms with van der Waals surface area (Å²) in [7, 11) is 3.11. The number of likely N-dealkylation sites (tertiary alicyclic amines) is 1. The Morgan fingerprint density at radius 2 is 1.76 bits per heavy atom. The van der Waals surface area contributed by atoms with Crippen molar-refractivity contribution in [3.8, 4) is 22.8 Å². The molecule has 33 heavy (non-hydrogen) atoms. The number of methoxy groups -OCH3 is 2. The molecule has 1 aliphatic rings. The van der Waals surface area contributed by atoms with Crippen molar-refractivity contribution in [1.82, 2.24) is 9.88 Å². The Morgan fingerprint density at radius 1 is 0.970 bits per heavy atom. The first-order valence-corrected chi connectivity index (χ1v) is 11.0. The van der Waals surface area contributed by atoms with E-state index in [1.54, 1.807) is 30.3 Å². The first-order valence-electron chi connectivity index (χ1n) is 11.0. The Balaban J connectivity index is 1.54. The van der Waals surface area contributed by atoms with E-state index >= 15 is 0 Å². The van der Waals surface area contributed by atoms with E-state index in [-0.39, 0.29) is 17.7 Å². The van der Waals surface area contributed by atoms with Crippen LogP contribution < -0.4 is 14.8 Å². The van der Waals surface area contributed by atoms with Crippen LogP contribution in [-0.4, -0.2) is 48.5 Å². The monoisotopic (exact) mass is 445 g/mol. The summed E-state index contributed by atoms with van der Waals surface area (Å²) in [5, 5.41) is 3.00. The average Bonchev–Trinajstić information content (AvgIpc) is 2.88. The van der Waals surface area contributed by atoms with Crippen LogP contribution in [0.15, 0.2) is 66.9 Å². The van der Waals surface area contributed by atoms with E-state index in [4.69, 9.17) is 9.47 Å². The summed E-state index contributed by atoms with van der Waals surface area (Å²) in [6, 6.07) is 18.2. The van der Waals surface area contributed by atoms with E-state index in [1.807, 2.05) is 48.5 Å². The molecule has 7 heteroatoms. The summed E-state index contributed by atoms with van der Waals surface area (Å²) in [5.41, 5.74) is 2.99. The molecule has 0 radical (unpaired) electrons. The normalized spacial score (nSPS) is 15.6. The molecule has 1 N–H and O–H groups in total.